The second kappa shape index (κ2) is 10.0. The van der Waals surface area contributed by atoms with Gasteiger partial charge in [0.15, 0.2) is 5.76 Å². The van der Waals surface area contributed by atoms with Crippen molar-refractivity contribution in [2.75, 3.05) is 39.5 Å². The lowest BCUT2D eigenvalue weighted by atomic mass is 10.2. The Kier molecular flexibility index (Phi) is 6.94. The Labute approximate surface area is 191 Å². The topological polar surface area (TPSA) is 84.7 Å². The maximum Gasteiger partial charge on any atom is 0.155 e. The summed E-state index contributed by atoms with van der Waals surface area (Å²) in [5.41, 5.74) is 2.27. The van der Waals surface area contributed by atoms with Gasteiger partial charge in [-0.2, -0.15) is 0 Å². The van der Waals surface area contributed by atoms with Gasteiger partial charge < -0.3 is 23.5 Å². The van der Waals surface area contributed by atoms with E-state index >= 15 is 0 Å². The molecule has 1 aromatic carbocycles. The van der Waals surface area contributed by atoms with Crippen LogP contribution in [0, 0.1) is 0 Å². The molecule has 4 heterocycles. The highest BCUT2D eigenvalue weighted by molar-refractivity contribution is 5.85. The second-order valence-corrected chi connectivity index (χ2v) is 7.52. The van der Waals surface area contributed by atoms with Crippen molar-refractivity contribution in [2.45, 2.75) is 6.42 Å². The smallest absolute Gasteiger partial charge is 0.155 e. The molecule has 0 saturated carbocycles. The average molecular weight is 457 g/mol. The number of nitrogens with zero attached hydrogens (tertiary/aromatic N) is 4. The maximum absolute atomic E-state index is 9.61. The number of halogens is 1. The molecule has 32 heavy (non-hydrogen) atoms. The number of aromatic nitrogens is 2. The number of ether oxygens (including phenoxy) is 2. The summed E-state index contributed by atoms with van der Waals surface area (Å²) in [7, 11) is 0. The zero-order chi connectivity index (χ0) is 21.0. The Morgan fingerprint density at radius 1 is 1.12 bits per heavy atom. The minimum Gasteiger partial charge on any atom is -0.492 e. The summed E-state index contributed by atoms with van der Waals surface area (Å²) in [5.74, 6) is 1.24. The SMILES string of the molecule is Cl.ON=c1cc(-c2cc3cccn3cn2)oc2ccc(OCCN3CCCOCC3)cc12. The highest BCUT2D eigenvalue weighted by atomic mass is 35.5. The molecule has 1 N–H and O–H groups in total. The van der Waals surface area contributed by atoms with Crippen molar-refractivity contribution in [3.8, 4) is 17.2 Å². The van der Waals surface area contributed by atoms with E-state index in [-0.39, 0.29) is 12.4 Å². The standard InChI is InChI=1S/C23H24N4O4.ClH/c28-25-20-15-23(21-13-17-3-1-7-27(17)16-24-21)31-22-5-4-18(14-19(20)22)30-12-9-26-6-2-10-29-11-8-26;/h1,3-5,7,13-16,28H,2,6,8-12H2;1H. The van der Waals surface area contributed by atoms with Crippen molar-refractivity contribution in [1.82, 2.24) is 14.3 Å². The molecule has 168 valence electrons. The fourth-order valence-electron chi connectivity index (χ4n) is 3.83. The Morgan fingerprint density at radius 2 is 2.06 bits per heavy atom. The van der Waals surface area contributed by atoms with Crippen LogP contribution in [0.15, 0.2) is 64.6 Å². The van der Waals surface area contributed by atoms with Gasteiger partial charge in [0.25, 0.3) is 0 Å². The molecular formula is C23H25ClN4O4. The normalized spacial score (nSPS) is 15.6. The number of hydrogen-bond donors (Lipinski definition) is 1. The van der Waals surface area contributed by atoms with Gasteiger partial charge in [0, 0.05) is 44.0 Å². The molecule has 1 aliphatic rings. The van der Waals surface area contributed by atoms with Crippen LogP contribution >= 0.6 is 12.4 Å². The third-order valence-corrected chi connectivity index (χ3v) is 5.48. The van der Waals surface area contributed by atoms with Gasteiger partial charge in [0.05, 0.1) is 18.3 Å². The number of hydrogen-bond acceptors (Lipinski definition) is 7. The van der Waals surface area contributed by atoms with Gasteiger partial charge in [-0.15, -0.1) is 12.4 Å². The van der Waals surface area contributed by atoms with Crippen molar-refractivity contribution < 1.29 is 19.1 Å². The summed E-state index contributed by atoms with van der Waals surface area (Å²) in [5, 5.41) is 14.2. The molecule has 1 aliphatic heterocycles. The fourth-order valence-corrected chi connectivity index (χ4v) is 3.83. The van der Waals surface area contributed by atoms with Crippen LogP contribution in [0.4, 0.5) is 0 Å². The highest BCUT2D eigenvalue weighted by Crippen LogP contribution is 2.24. The van der Waals surface area contributed by atoms with E-state index in [1.165, 1.54) is 0 Å². The Morgan fingerprint density at radius 3 is 2.97 bits per heavy atom. The summed E-state index contributed by atoms with van der Waals surface area (Å²) in [6.45, 7) is 4.98. The molecule has 8 nitrogen and oxygen atoms in total. The van der Waals surface area contributed by atoms with Crippen molar-refractivity contribution in [3.05, 3.63) is 60.3 Å². The largest absolute Gasteiger partial charge is 0.492 e. The van der Waals surface area contributed by atoms with Crippen LogP contribution in [-0.2, 0) is 4.74 Å². The molecule has 0 unspecified atom stereocenters. The Balaban J connectivity index is 0.00000245. The van der Waals surface area contributed by atoms with E-state index in [0.29, 0.717) is 40.1 Å². The van der Waals surface area contributed by atoms with Crippen LogP contribution in [0.3, 0.4) is 0 Å². The van der Waals surface area contributed by atoms with Gasteiger partial charge in [0.1, 0.15) is 29.0 Å². The first kappa shape index (κ1) is 22.1. The van der Waals surface area contributed by atoms with Crippen molar-refractivity contribution in [1.29, 1.82) is 0 Å². The molecule has 1 saturated heterocycles. The predicted molar refractivity (Wildman–Crippen MR) is 122 cm³/mol. The van der Waals surface area contributed by atoms with Crippen molar-refractivity contribution in [2.24, 2.45) is 5.16 Å². The molecule has 0 atom stereocenters. The van der Waals surface area contributed by atoms with Gasteiger partial charge in [-0.1, -0.05) is 5.16 Å². The average Bonchev–Trinajstić information content (AvgIpc) is 3.12. The lowest BCUT2D eigenvalue weighted by molar-refractivity contribution is 0.137. The van der Waals surface area contributed by atoms with Gasteiger partial charge >= 0.3 is 0 Å². The van der Waals surface area contributed by atoms with E-state index in [1.54, 1.807) is 12.4 Å². The highest BCUT2D eigenvalue weighted by Gasteiger charge is 2.11. The van der Waals surface area contributed by atoms with Crippen LogP contribution in [-0.4, -0.2) is 58.9 Å². The molecule has 0 amide bonds. The minimum atomic E-state index is 0. The Hall–Kier alpha value is -3.07. The molecule has 0 spiro atoms. The van der Waals surface area contributed by atoms with E-state index in [1.807, 2.05) is 47.0 Å². The summed E-state index contributed by atoms with van der Waals surface area (Å²) < 4.78 is 19.4. The number of benzene rings is 1. The van der Waals surface area contributed by atoms with Gasteiger partial charge in [-0.05, 0) is 42.8 Å². The molecular weight excluding hydrogens is 432 g/mol. The third kappa shape index (κ3) is 4.72. The lowest BCUT2D eigenvalue weighted by Crippen LogP contribution is -2.30. The van der Waals surface area contributed by atoms with Crippen LogP contribution in [0.5, 0.6) is 5.75 Å². The van der Waals surface area contributed by atoms with Gasteiger partial charge in [0.2, 0.25) is 0 Å². The van der Waals surface area contributed by atoms with Crippen molar-refractivity contribution in [3.63, 3.8) is 0 Å². The van der Waals surface area contributed by atoms with Crippen LogP contribution in [0.25, 0.3) is 27.9 Å². The summed E-state index contributed by atoms with van der Waals surface area (Å²) >= 11 is 0. The number of rotatable bonds is 5. The minimum absolute atomic E-state index is 0. The van der Waals surface area contributed by atoms with E-state index in [0.717, 1.165) is 44.8 Å². The summed E-state index contributed by atoms with van der Waals surface area (Å²) in [6.07, 6.45) is 4.71. The molecule has 0 bridgehead atoms. The van der Waals surface area contributed by atoms with E-state index in [2.05, 4.69) is 15.0 Å². The first-order valence-corrected chi connectivity index (χ1v) is 10.4. The summed E-state index contributed by atoms with van der Waals surface area (Å²) in [6, 6.07) is 13.1. The molecule has 0 aliphatic carbocycles. The quantitative estimate of drug-likeness (QED) is 0.365. The third-order valence-electron chi connectivity index (χ3n) is 5.48. The molecule has 3 aromatic heterocycles. The monoisotopic (exact) mass is 456 g/mol. The first-order chi connectivity index (χ1) is 15.3. The van der Waals surface area contributed by atoms with Gasteiger partial charge in [-0.25, -0.2) is 4.98 Å². The molecule has 9 heteroatoms. The Bertz CT molecular complexity index is 1260. The second-order valence-electron chi connectivity index (χ2n) is 7.52. The zero-order valence-electron chi connectivity index (χ0n) is 17.5. The van der Waals surface area contributed by atoms with Crippen LogP contribution < -0.4 is 10.1 Å². The van der Waals surface area contributed by atoms with Crippen molar-refractivity contribution >= 4 is 28.9 Å². The zero-order valence-corrected chi connectivity index (χ0v) is 18.3. The van der Waals surface area contributed by atoms with E-state index in [4.69, 9.17) is 13.9 Å². The van der Waals surface area contributed by atoms with E-state index in [9.17, 15) is 5.21 Å². The van der Waals surface area contributed by atoms with Crippen LogP contribution in [0.1, 0.15) is 6.42 Å². The van der Waals surface area contributed by atoms with Gasteiger partial charge in [-0.3, -0.25) is 4.90 Å². The molecule has 1 fully saturated rings. The first-order valence-electron chi connectivity index (χ1n) is 10.4. The number of fused-ring (bicyclic) bond motifs is 2. The molecule has 5 rings (SSSR count). The molecule has 4 aromatic rings. The predicted octanol–water partition coefficient (Wildman–Crippen LogP) is 3.56. The lowest BCUT2D eigenvalue weighted by Gasteiger charge is -2.19. The molecule has 0 radical (unpaired) electrons. The van der Waals surface area contributed by atoms with Crippen LogP contribution in [0.2, 0.25) is 0 Å². The van der Waals surface area contributed by atoms with E-state index < -0.39 is 0 Å². The fraction of sp³-hybridized carbons (Fsp3) is 0.304. The maximum atomic E-state index is 9.61. The summed E-state index contributed by atoms with van der Waals surface area (Å²) in [4.78, 5) is 6.79.